The summed E-state index contributed by atoms with van der Waals surface area (Å²) < 4.78 is 0. The first-order valence-electron chi connectivity index (χ1n) is 9.77. The molecule has 2 fully saturated rings. The quantitative estimate of drug-likeness (QED) is 0.819. The van der Waals surface area contributed by atoms with Gasteiger partial charge in [-0.1, -0.05) is 13.8 Å². The van der Waals surface area contributed by atoms with Crippen LogP contribution in [0, 0.1) is 5.92 Å². The molecule has 26 heavy (non-hydrogen) atoms. The molecule has 1 aromatic heterocycles. The van der Waals surface area contributed by atoms with E-state index in [1.807, 2.05) is 0 Å². The minimum atomic E-state index is -0.128. The predicted octanol–water partition coefficient (Wildman–Crippen LogP) is 2.35. The number of carbonyl (C=O) groups is 1. The SMILES string of the molecule is CC(C)Cc1cc(C(=O)NC2CCN(C3CCSCC3)CC2)nc(N)n1. The van der Waals surface area contributed by atoms with Gasteiger partial charge in [0.15, 0.2) is 0 Å². The number of carbonyl (C=O) groups excluding carboxylic acids is 1. The van der Waals surface area contributed by atoms with Crippen LogP contribution in [0.1, 0.15) is 55.7 Å². The zero-order chi connectivity index (χ0) is 18.5. The molecule has 0 bridgehead atoms. The normalized spacial score (nSPS) is 20.4. The number of hydrogen-bond donors (Lipinski definition) is 2. The number of nitrogens with two attached hydrogens (primary N) is 1. The van der Waals surface area contributed by atoms with Gasteiger partial charge in [-0.2, -0.15) is 11.8 Å². The van der Waals surface area contributed by atoms with Crippen molar-refractivity contribution < 1.29 is 4.79 Å². The van der Waals surface area contributed by atoms with Crippen LogP contribution in [0.2, 0.25) is 0 Å². The highest BCUT2D eigenvalue weighted by Crippen LogP contribution is 2.24. The molecule has 2 aliphatic rings. The molecule has 144 valence electrons. The molecule has 7 heteroatoms. The van der Waals surface area contributed by atoms with E-state index in [9.17, 15) is 4.79 Å². The summed E-state index contributed by atoms with van der Waals surface area (Å²) in [6.07, 6.45) is 5.43. The predicted molar refractivity (Wildman–Crippen MR) is 107 cm³/mol. The number of piperidine rings is 1. The van der Waals surface area contributed by atoms with E-state index in [2.05, 4.69) is 45.8 Å². The molecule has 0 atom stereocenters. The van der Waals surface area contributed by atoms with Crippen LogP contribution in [-0.2, 0) is 6.42 Å². The van der Waals surface area contributed by atoms with Crippen LogP contribution < -0.4 is 11.1 Å². The molecule has 0 spiro atoms. The fraction of sp³-hybridized carbons (Fsp3) is 0.737. The molecule has 3 rings (SSSR count). The molecule has 6 nitrogen and oxygen atoms in total. The number of amides is 1. The molecule has 0 aliphatic carbocycles. The van der Waals surface area contributed by atoms with Gasteiger partial charge in [0.25, 0.3) is 5.91 Å². The lowest BCUT2D eigenvalue weighted by atomic mass is 10.0. The second-order valence-electron chi connectivity index (χ2n) is 7.83. The smallest absolute Gasteiger partial charge is 0.270 e. The van der Waals surface area contributed by atoms with Crippen LogP contribution in [0.25, 0.3) is 0 Å². The Labute approximate surface area is 160 Å². The van der Waals surface area contributed by atoms with E-state index in [0.29, 0.717) is 11.6 Å². The first-order chi connectivity index (χ1) is 12.5. The number of aromatic nitrogens is 2. The fourth-order valence-electron chi connectivity index (χ4n) is 3.88. The highest BCUT2D eigenvalue weighted by molar-refractivity contribution is 7.99. The van der Waals surface area contributed by atoms with Gasteiger partial charge >= 0.3 is 0 Å². The van der Waals surface area contributed by atoms with Crippen LogP contribution in [0.15, 0.2) is 6.07 Å². The molecular formula is C19H31N5OS. The van der Waals surface area contributed by atoms with E-state index in [1.165, 1.54) is 24.3 Å². The Balaban J connectivity index is 1.53. The van der Waals surface area contributed by atoms with Gasteiger partial charge in [-0.3, -0.25) is 4.79 Å². The number of hydrogen-bond acceptors (Lipinski definition) is 6. The Morgan fingerprint density at radius 1 is 1.27 bits per heavy atom. The van der Waals surface area contributed by atoms with E-state index < -0.39 is 0 Å². The summed E-state index contributed by atoms with van der Waals surface area (Å²) in [6, 6.07) is 2.75. The minimum Gasteiger partial charge on any atom is -0.368 e. The molecule has 0 aromatic carbocycles. The summed E-state index contributed by atoms with van der Waals surface area (Å²) in [5.41, 5.74) is 7.02. The van der Waals surface area contributed by atoms with Gasteiger partial charge in [-0.15, -0.1) is 0 Å². The lowest BCUT2D eigenvalue weighted by molar-refractivity contribution is 0.0881. The monoisotopic (exact) mass is 377 g/mol. The third kappa shape index (κ3) is 5.33. The van der Waals surface area contributed by atoms with Gasteiger partial charge in [-0.05, 0) is 55.6 Å². The lowest BCUT2D eigenvalue weighted by Gasteiger charge is -2.39. The number of nitrogens with one attached hydrogen (secondary N) is 1. The van der Waals surface area contributed by atoms with Crippen LogP contribution in [0.4, 0.5) is 5.95 Å². The van der Waals surface area contributed by atoms with Gasteiger partial charge in [0.05, 0.1) is 0 Å². The van der Waals surface area contributed by atoms with Crippen molar-refractivity contribution >= 4 is 23.6 Å². The molecule has 0 radical (unpaired) electrons. The van der Waals surface area contributed by atoms with Crippen molar-refractivity contribution in [1.82, 2.24) is 20.2 Å². The van der Waals surface area contributed by atoms with Crippen LogP contribution >= 0.6 is 11.8 Å². The molecule has 2 saturated heterocycles. The summed E-state index contributed by atoms with van der Waals surface area (Å²) in [5, 5.41) is 3.15. The Bertz CT molecular complexity index is 610. The number of nitrogen functional groups attached to an aromatic ring is 1. The minimum absolute atomic E-state index is 0.128. The molecule has 3 N–H and O–H groups in total. The van der Waals surface area contributed by atoms with E-state index >= 15 is 0 Å². The molecule has 2 aliphatic heterocycles. The Morgan fingerprint density at radius 3 is 2.62 bits per heavy atom. The summed E-state index contributed by atoms with van der Waals surface area (Å²) in [5.74, 6) is 3.09. The molecule has 3 heterocycles. The molecular weight excluding hydrogens is 346 g/mol. The topological polar surface area (TPSA) is 84.1 Å². The second-order valence-corrected chi connectivity index (χ2v) is 9.05. The van der Waals surface area contributed by atoms with Gasteiger partial charge in [0, 0.05) is 30.9 Å². The number of nitrogens with zero attached hydrogens (tertiary/aromatic N) is 3. The van der Waals surface area contributed by atoms with E-state index in [1.54, 1.807) is 6.07 Å². The molecule has 0 saturated carbocycles. The third-order valence-corrected chi connectivity index (χ3v) is 6.27. The van der Waals surface area contributed by atoms with E-state index in [0.717, 1.165) is 44.1 Å². The summed E-state index contributed by atoms with van der Waals surface area (Å²) in [7, 11) is 0. The first-order valence-corrected chi connectivity index (χ1v) is 10.9. The number of thioether (sulfide) groups is 1. The maximum atomic E-state index is 12.6. The van der Waals surface area contributed by atoms with Crippen LogP contribution in [0.5, 0.6) is 0 Å². The van der Waals surface area contributed by atoms with Crippen molar-refractivity contribution in [3.8, 4) is 0 Å². The summed E-state index contributed by atoms with van der Waals surface area (Å²) in [4.78, 5) is 23.6. The van der Waals surface area contributed by atoms with Crippen molar-refractivity contribution in [3.63, 3.8) is 0 Å². The van der Waals surface area contributed by atoms with Gasteiger partial charge in [0.2, 0.25) is 5.95 Å². The Morgan fingerprint density at radius 2 is 1.96 bits per heavy atom. The average molecular weight is 378 g/mol. The lowest BCUT2D eigenvalue weighted by Crippen LogP contribution is -2.48. The van der Waals surface area contributed by atoms with Crippen LogP contribution in [0.3, 0.4) is 0 Å². The third-order valence-electron chi connectivity index (χ3n) is 5.22. The second kappa shape index (κ2) is 9.04. The largest absolute Gasteiger partial charge is 0.368 e. The number of likely N-dealkylation sites (tertiary alicyclic amines) is 1. The standard InChI is InChI=1S/C19H31N5OS/c1-13(2)11-15-12-17(23-19(20)22-15)18(25)21-14-3-7-24(8-4-14)16-5-9-26-10-6-16/h12-14,16H,3-11H2,1-2H3,(H,21,25)(H2,20,22,23). The van der Waals surface area contributed by atoms with E-state index in [-0.39, 0.29) is 17.9 Å². The summed E-state index contributed by atoms with van der Waals surface area (Å²) >= 11 is 2.07. The highest BCUT2D eigenvalue weighted by atomic mass is 32.2. The van der Waals surface area contributed by atoms with E-state index in [4.69, 9.17) is 5.73 Å². The maximum Gasteiger partial charge on any atom is 0.270 e. The van der Waals surface area contributed by atoms with Crippen molar-refractivity contribution in [2.75, 3.05) is 30.3 Å². The van der Waals surface area contributed by atoms with Crippen molar-refractivity contribution in [2.45, 2.75) is 58.0 Å². The van der Waals surface area contributed by atoms with Gasteiger partial charge in [-0.25, -0.2) is 9.97 Å². The van der Waals surface area contributed by atoms with Gasteiger partial charge in [0.1, 0.15) is 5.69 Å². The van der Waals surface area contributed by atoms with Gasteiger partial charge < -0.3 is 16.0 Å². The molecule has 0 unspecified atom stereocenters. The first kappa shape index (κ1) is 19.4. The number of rotatable bonds is 5. The molecule has 1 aromatic rings. The average Bonchev–Trinajstić information content (AvgIpc) is 2.62. The highest BCUT2D eigenvalue weighted by Gasteiger charge is 2.27. The molecule has 1 amide bonds. The fourth-order valence-corrected chi connectivity index (χ4v) is 4.96. The van der Waals surface area contributed by atoms with Crippen molar-refractivity contribution in [2.24, 2.45) is 5.92 Å². The maximum absolute atomic E-state index is 12.6. The zero-order valence-corrected chi connectivity index (χ0v) is 16.7. The Kier molecular flexibility index (Phi) is 6.75. The van der Waals surface area contributed by atoms with Crippen molar-refractivity contribution in [3.05, 3.63) is 17.5 Å². The summed E-state index contributed by atoms with van der Waals surface area (Å²) in [6.45, 7) is 6.39. The number of anilines is 1. The zero-order valence-electron chi connectivity index (χ0n) is 15.9. The Hall–Kier alpha value is -1.34. The van der Waals surface area contributed by atoms with Crippen molar-refractivity contribution in [1.29, 1.82) is 0 Å². The van der Waals surface area contributed by atoms with Crippen LogP contribution in [-0.4, -0.2) is 57.5 Å².